The van der Waals surface area contributed by atoms with Gasteiger partial charge in [-0.25, -0.2) is 0 Å². The molecule has 4 heteroatoms. The van der Waals surface area contributed by atoms with Gasteiger partial charge >= 0.3 is 5.97 Å². The van der Waals surface area contributed by atoms with E-state index in [1.807, 2.05) is 20.8 Å². The Morgan fingerprint density at radius 3 is 2.56 bits per heavy atom. The molecule has 0 saturated heterocycles. The van der Waals surface area contributed by atoms with Crippen molar-refractivity contribution >= 4 is 5.97 Å². The topological polar surface area (TPSA) is 58.6 Å². The summed E-state index contributed by atoms with van der Waals surface area (Å²) in [5.41, 5.74) is 0. The van der Waals surface area contributed by atoms with Crippen molar-refractivity contribution in [2.24, 2.45) is 5.92 Å². The number of carbonyl (C=O) groups is 1. The molecule has 16 heavy (non-hydrogen) atoms. The summed E-state index contributed by atoms with van der Waals surface area (Å²) >= 11 is 0. The summed E-state index contributed by atoms with van der Waals surface area (Å²) in [6.45, 7) is 6.50. The van der Waals surface area contributed by atoms with Crippen molar-refractivity contribution in [2.45, 2.75) is 52.2 Å². The Bertz CT molecular complexity index is 197. The minimum atomic E-state index is -0.291. The summed E-state index contributed by atoms with van der Waals surface area (Å²) in [7, 11) is 1.40. The highest BCUT2D eigenvalue weighted by atomic mass is 16.5. The Kier molecular flexibility index (Phi) is 8.21. The first-order chi connectivity index (χ1) is 7.51. The fourth-order valence-corrected chi connectivity index (χ4v) is 1.68. The molecule has 0 aromatic rings. The number of aliphatic hydroxyl groups is 1. The third-order valence-corrected chi connectivity index (χ3v) is 2.63. The lowest BCUT2D eigenvalue weighted by Crippen LogP contribution is -2.35. The molecule has 0 heterocycles. The fourth-order valence-electron chi connectivity index (χ4n) is 1.68. The van der Waals surface area contributed by atoms with Crippen LogP contribution in [0.2, 0.25) is 0 Å². The summed E-state index contributed by atoms with van der Waals surface area (Å²) in [5, 5.41) is 12.8. The van der Waals surface area contributed by atoms with Crippen LogP contribution in [0.1, 0.15) is 40.0 Å². The first-order valence-corrected chi connectivity index (χ1v) is 6.00. The molecular weight excluding hydrogens is 206 g/mol. The summed E-state index contributed by atoms with van der Waals surface area (Å²) in [6.07, 6.45) is 2.23. The quantitative estimate of drug-likeness (QED) is 0.619. The second kappa shape index (κ2) is 8.53. The number of hydrogen-bond acceptors (Lipinski definition) is 4. The van der Waals surface area contributed by atoms with Crippen molar-refractivity contribution in [2.75, 3.05) is 13.7 Å². The number of ether oxygens (including phenoxy) is 1. The largest absolute Gasteiger partial charge is 0.469 e. The van der Waals surface area contributed by atoms with Crippen LogP contribution in [0.4, 0.5) is 0 Å². The van der Waals surface area contributed by atoms with Gasteiger partial charge in [-0.3, -0.25) is 4.79 Å². The average Bonchev–Trinajstić information content (AvgIpc) is 2.25. The van der Waals surface area contributed by atoms with Gasteiger partial charge in [0.25, 0.3) is 0 Å². The van der Waals surface area contributed by atoms with Gasteiger partial charge in [-0.1, -0.05) is 20.3 Å². The van der Waals surface area contributed by atoms with E-state index in [2.05, 4.69) is 10.1 Å². The number of hydrogen-bond donors (Lipinski definition) is 2. The van der Waals surface area contributed by atoms with Gasteiger partial charge in [0, 0.05) is 12.6 Å². The second-order valence-corrected chi connectivity index (χ2v) is 4.41. The lowest BCUT2D eigenvalue weighted by molar-refractivity contribution is -0.145. The van der Waals surface area contributed by atoms with Crippen molar-refractivity contribution in [3.05, 3.63) is 0 Å². The Balaban J connectivity index is 3.73. The zero-order valence-electron chi connectivity index (χ0n) is 10.8. The number of methoxy groups -OCH3 is 1. The fraction of sp³-hybridized carbons (Fsp3) is 0.917. The van der Waals surface area contributed by atoms with E-state index < -0.39 is 0 Å². The van der Waals surface area contributed by atoms with E-state index in [-0.39, 0.29) is 24.0 Å². The van der Waals surface area contributed by atoms with E-state index >= 15 is 0 Å². The molecular formula is C12H25NO3. The van der Waals surface area contributed by atoms with Crippen molar-refractivity contribution < 1.29 is 14.6 Å². The minimum absolute atomic E-state index is 0.101. The summed E-state index contributed by atoms with van der Waals surface area (Å²) < 4.78 is 4.66. The highest BCUT2D eigenvalue weighted by Gasteiger charge is 2.16. The van der Waals surface area contributed by atoms with Gasteiger partial charge in [-0.15, -0.1) is 0 Å². The second-order valence-electron chi connectivity index (χ2n) is 4.41. The molecule has 3 unspecified atom stereocenters. The molecule has 0 radical (unpaired) electrons. The number of aliphatic hydroxyl groups excluding tert-OH is 1. The molecule has 96 valence electrons. The molecule has 0 bridgehead atoms. The normalized spacial score (nSPS) is 16.6. The van der Waals surface area contributed by atoms with Crippen LogP contribution in [0.25, 0.3) is 0 Å². The van der Waals surface area contributed by atoms with E-state index in [4.69, 9.17) is 0 Å². The maximum Gasteiger partial charge on any atom is 0.308 e. The van der Waals surface area contributed by atoms with E-state index in [0.717, 1.165) is 19.3 Å². The molecule has 3 atom stereocenters. The van der Waals surface area contributed by atoms with Gasteiger partial charge in [-0.05, 0) is 19.8 Å². The first kappa shape index (κ1) is 15.4. The lowest BCUT2D eigenvalue weighted by atomic mass is 10.0. The summed E-state index contributed by atoms with van der Waals surface area (Å²) in [5.74, 6) is -0.279. The molecule has 0 fully saturated rings. The van der Waals surface area contributed by atoms with E-state index in [0.29, 0.717) is 6.54 Å². The SMILES string of the molecule is CCCC(O)CNC(C)CC(C)C(=O)OC. The Labute approximate surface area is 98.4 Å². The van der Waals surface area contributed by atoms with Gasteiger partial charge in [0.2, 0.25) is 0 Å². The number of nitrogens with one attached hydrogen (secondary N) is 1. The van der Waals surface area contributed by atoms with Gasteiger partial charge in [0.05, 0.1) is 19.1 Å². The molecule has 0 rings (SSSR count). The third-order valence-electron chi connectivity index (χ3n) is 2.63. The Hall–Kier alpha value is -0.610. The van der Waals surface area contributed by atoms with E-state index in [1.165, 1.54) is 7.11 Å². The van der Waals surface area contributed by atoms with E-state index in [9.17, 15) is 9.90 Å². The monoisotopic (exact) mass is 231 g/mol. The van der Waals surface area contributed by atoms with Crippen molar-refractivity contribution in [3.8, 4) is 0 Å². The molecule has 2 N–H and O–H groups in total. The molecule has 0 saturated carbocycles. The highest BCUT2D eigenvalue weighted by Crippen LogP contribution is 2.07. The zero-order valence-corrected chi connectivity index (χ0v) is 10.8. The average molecular weight is 231 g/mol. The molecule has 0 spiro atoms. The van der Waals surface area contributed by atoms with Crippen LogP contribution in [0, 0.1) is 5.92 Å². The minimum Gasteiger partial charge on any atom is -0.469 e. The van der Waals surface area contributed by atoms with Gasteiger partial charge in [0.15, 0.2) is 0 Å². The molecule has 4 nitrogen and oxygen atoms in total. The molecule has 0 aliphatic carbocycles. The van der Waals surface area contributed by atoms with Crippen LogP contribution in [0.3, 0.4) is 0 Å². The van der Waals surface area contributed by atoms with Crippen molar-refractivity contribution in [3.63, 3.8) is 0 Å². The predicted molar refractivity (Wildman–Crippen MR) is 64.2 cm³/mol. The van der Waals surface area contributed by atoms with E-state index in [1.54, 1.807) is 0 Å². The van der Waals surface area contributed by atoms with Crippen LogP contribution in [0.5, 0.6) is 0 Å². The Morgan fingerprint density at radius 2 is 2.06 bits per heavy atom. The maximum absolute atomic E-state index is 11.2. The molecule has 0 amide bonds. The third kappa shape index (κ3) is 6.80. The first-order valence-electron chi connectivity index (χ1n) is 6.00. The van der Waals surface area contributed by atoms with Gasteiger partial charge in [0.1, 0.15) is 0 Å². The smallest absolute Gasteiger partial charge is 0.308 e. The standard InChI is InChI=1S/C12H25NO3/c1-5-6-11(14)8-13-10(3)7-9(2)12(15)16-4/h9-11,13-14H,5-8H2,1-4H3. The van der Waals surface area contributed by atoms with Crippen LogP contribution in [0.15, 0.2) is 0 Å². The van der Waals surface area contributed by atoms with Crippen molar-refractivity contribution in [1.82, 2.24) is 5.32 Å². The molecule has 0 aromatic carbocycles. The van der Waals surface area contributed by atoms with Crippen LogP contribution in [-0.2, 0) is 9.53 Å². The highest BCUT2D eigenvalue weighted by molar-refractivity contribution is 5.71. The predicted octanol–water partition coefficient (Wildman–Crippen LogP) is 1.32. The van der Waals surface area contributed by atoms with Crippen LogP contribution >= 0.6 is 0 Å². The Morgan fingerprint density at radius 1 is 1.44 bits per heavy atom. The molecule has 0 aliphatic rings. The lowest BCUT2D eigenvalue weighted by Gasteiger charge is -2.19. The van der Waals surface area contributed by atoms with Crippen LogP contribution < -0.4 is 5.32 Å². The molecule has 0 aliphatic heterocycles. The summed E-state index contributed by atoms with van der Waals surface area (Å²) in [6, 6.07) is 0.209. The summed E-state index contributed by atoms with van der Waals surface area (Å²) in [4.78, 5) is 11.2. The maximum atomic E-state index is 11.2. The van der Waals surface area contributed by atoms with Crippen LogP contribution in [-0.4, -0.2) is 36.9 Å². The number of carbonyl (C=O) groups excluding carboxylic acids is 1. The van der Waals surface area contributed by atoms with Crippen molar-refractivity contribution in [1.29, 1.82) is 0 Å². The molecule has 0 aromatic heterocycles. The number of esters is 1. The van der Waals surface area contributed by atoms with Gasteiger partial charge < -0.3 is 15.2 Å². The zero-order chi connectivity index (χ0) is 12.6. The number of rotatable bonds is 8. The van der Waals surface area contributed by atoms with Gasteiger partial charge in [-0.2, -0.15) is 0 Å².